The largest absolute Gasteiger partial charge is 0.326 e. The smallest absolute Gasteiger partial charge is 0.0954 e. The second-order valence-corrected chi connectivity index (χ2v) is 3.97. The monoisotopic (exact) mass is 216 g/mol. The summed E-state index contributed by atoms with van der Waals surface area (Å²) in [6.45, 7) is 4.09. The van der Waals surface area contributed by atoms with Crippen molar-refractivity contribution >= 4 is 0 Å². The van der Waals surface area contributed by atoms with Crippen molar-refractivity contribution in [2.45, 2.75) is 25.9 Å². The van der Waals surface area contributed by atoms with Gasteiger partial charge in [0.1, 0.15) is 0 Å². The molecule has 2 unspecified atom stereocenters. The molecule has 4 heteroatoms. The van der Waals surface area contributed by atoms with Gasteiger partial charge in [-0.25, -0.2) is 4.98 Å². The van der Waals surface area contributed by atoms with Gasteiger partial charge in [-0.1, -0.05) is 0 Å². The minimum Gasteiger partial charge on any atom is -0.326 e. The minimum atomic E-state index is -0.00760. The number of nitrogens with zero attached hydrogens (tertiary/aromatic N) is 3. The lowest BCUT2D eigenvalue weighted by Crippen LogP contribution is -2.15. The molecule has 2 aromatic heterocycles. The SMILES string of the molecule is CC(N)c1cncn1C(C)c1ccncc1. The molecule has 0 aliphatic heterocycles. The number of hydrogen-bond acceptors (Lipinski definition) is 3. The van der Waals surface area contributed by atoms with Gasteiger partial charge in [-0.05, 0) is 31.5 Å². The van der Waals surface area contributed by atoms with Gasteiger partial charge < -0.3 is 10.3 Å². The number of hydrogen-bond donors (Lipinski definition) is 1. The Morgan fingerprint density at radius 1 is 1.19 bits per heavy atom. The van der Waals surface area contributed by atoms with Crippen molar-refractivity contribution in [3.05, 3.63) is 48.3 Å². The van der Waals surface area contributed by atoms with Crippen molar-refractivity contribution < 1.29 is 0 Å². The van der Waals surface area contributed by atoms with Crippen molar-refractivity contribution in [3.63, 3.8) is 0 Å². The predicted octanol–water partition coefficient (Wildman–Crippen LogP) is 1.91. The lowest BCUT2D eigenvalue weighted by Gasteiger charge is -2.18. The van der Waals surface area contributed by atoms with Gasteiger partial charge >= 0.3 is 0 Å². The summed E-state index contributed by atoms with van der Waals surface area (Å²) < 4.78 is 2.10. The van der Waals surface area contributed by atoms with E-state index in [9.17, 15) is 0 Å². The summed E-state index contributed by atoms with van der Waals surface area (Å²) in [5, 5.41) is 0. The fourth-order valence-corrected chi connectivity index (χ4v) is 1.79. The normalized spacial score (nSPS) is 14.7. The second kappa shape index (κ2) is 4.45. The molecule has 0 aromatic carbocycles. The maximum Gasteiger partial charge on any atom is 0.0954 e. The maximum absolute atomic E-state index is 5.90. The Hall–Kier alpha value is -1.68. The van der Waals surface area contributed by atoms with E-state index in [1.807, 2.05) is 31.6 Å². The van der Waals surface area contributed by atoms with E-state index >= 15 is 0 Å². The van der Waals surface area contributed by atoms with E-state index in [0.29, 0.717) is 0 Å². The van der Waals surface area contributed by atoms with E-state index < -0.39 is 0 Å². The quantitative estimate of drug-likeness (QED) is 0.852. The maximum atomic E-state index is 5.90. The van der Waals surface area contributed by atoms with Crippen molar-refractivity contribution in [2.75, 3.05) is 0 Å². The molecule has 2 heterocycles. The van der Waals surface area contributed by atoms with Crippen LogP contribution in [0.3, 0.4) is 0 Å². The van der Waals surface area contributed by atoms with Crippen LogP contribution < -0.4 is 5.73 Å². The number of imidazole rings is 1. The molecular weight excluding hydrogens is 200 g/mol. The predicted molar refractivity (Wildman–Crippen MR) is 62.9 cm³/mol. The summed E-state index contributed by atoms with van der Waals surface area (Å²) in [5.41, 5.74) is 8.15. The molecule has 0 aliphatic rings. The highest BCUT2D eigenvalue weighted by atomic mass is 15.1. The van der Waals surface area contributed by atoms with Gasteiger partial charge in [-0.2, -0.15) is 0 Å². The Balaban J connectivity index is 2.34. The van der Waals surface area contributed by atoms with Crippen LogP contribution in [-0.2, 0) is 0 Å². The molecule has 2 aromatic rings. The molecular formula is C12H16N4. The molecule has 0 spiro atoms. The second-order valence-electron chi connectivity index (χ2n) is 3.97. The van der Waals surface area contributed by atoms with Crippen molar-refractivity contribution in [1.29, 1.82) is 0 Å². The molecule has 2 atom stereocenters. The number of rotatable bonds is 3. The molecule has 0 radical (unpaired) electrons. The molecule has 84 valence electrons. The third-order valence-electron chi connectivity index (χ3n) is 2.77. The highest BCUT2D eigenvalue weighted by molar-refractivity contribution is 5.18. The zero-order valence-corrected chi connectivity index (χ0v) is 9.54. The van der Waals surface area contributed by atoms with Crippen LogP contribution in [0.5, 0.6) is 0 Å². The van der Waals surface area contributed by atoms with Crippen molar-refractivity contribution in [3.8, 4) is 0 Å². The Kier molecular flexibility index (Phi) is 3.01. The first-order valence-corrected chi connectivity index (χ1v) is 5.37. The lowest BCUT2D eigenvalue weighted by molar-refractivity contribution is 0.581. The topological polar surface area (TPSA) is 56.7 Å². The molecule has 0 aliphatic carbocycles. The molecule has 2 rings (SSSR count). The molecule has 0 fully saturated rings. The molecule has 0 saturated heterocycles. The van der Waals surface area contributed by atoms with Crippen LogP contribution in [0.1, 0.15) is 37.2 Å². The average molecular weight is 216 g/mol. The van der Waals surface area contributed by atoms with E-state index in [1.54, 1.807) is 12.4 Å². The zero-order valence-electron chi connectivity index (χ0n) is 9.54. The summed E-state index contributed by atoms with van der Waals surface area (Å²) in [4.78, 5) is 8.17. The first-order chi connectivity index (χ1) is 7.70. The summed E-state index contributed by atoms with van der Waals surface area (Å²) >= 11 is 0. The Morgan fingerprint density at radius 3 is 2.50 bits per heavy atom. The van der Waals surface area contributed by atoms with E-state index in [2.05, 4.69) is 21.5 Å². The van der Waals surface area contributed by atoms with Crippen molar-refractivity contribution in [2.24, 2.45) is 5.73 Å². The van der Waals surface area contributed by atoms with Crippen LogP contribution in [0.15, 0.2) is 37.1 Å². The third-order valence-corrected chi connectivity index (χ3v) is 2.77. The highest BCUT2D eigenvalue weighted by Gasteiger charge is 2.13. The average Bonchev–Trinajstić information content (AvgIpc) is 2.78. The highest BCUT2D eigenvalue weighted by Crippen LogP contribution is 2.21. The van der Waals surface area contributed by atoms with Crippen LogP contribution in [0.25, 0.3) is 0 Å². The van der Waals surface area contributed by atoms with Gasteiger partial charge in [-0.15, -0.1) is 0 Å². The summed E-state index contributed by atoms with van der Waals surface area (Å²) in [5.74, 6) is 0. The molecule has 0 amide bonds. The van der Waals surface area contributed by atoms with Gasteiger partial charge in [0.05, 0.1) is 18.1 Å². The van der Waals surface area contributed by atoms with Crippen LogP contribution in [-0.4, -0.2) is 14.5 Å². The molecule has 16 heavy (non-hydrogen) atoms. The van der Waals surface area contributed by atoms with E-state index in [0.717, 1.165) is 5.69 Å². The van der Waals surface area contributed by atoms with E-state index in [1.165, 1.54) is 5.56 Å². The van der Waals surface area contributed by atoms with Crippen LogP contribution >= 0.6 is 0 Å². The molecule has 0 saturated carbocycles. The van der Waals surface area contributed by atoms with Crippen LogP contribution in [0.2, 0.25) is 0 Å². The van der Waals surface area contributed by atoms with Gasteiger partial charge in [0.15, 0.2) is 0 Å². The Morgan fingerprint density at radius 2 is 1.88 bits per heavy atom. The summed E-state index contributed by atoms with van der Waals surface area (Å²) in [6.07, 6.45) is 7.24. The van der Waals surface area contributed by atoms with Crippen molar-refractivity contribution in [1.82, 2.24) is 14.5 Å². The Bertz CT molecular complexity index is 447. The summed E-state index contributed by atoms with van der Waals surface area (Å²) in [7, 11) is 0. The van der Waals surface area contributed by atoms with Crippen LogP contribution in [0.4, 0.5) is 0 Å². The zero-order chi connectivity index (χ0) is 11.5. The fourth-order valence-electron chi connectivity index (χ4n) is 1.79. The Labute approximate surface area is 95.1 Å². The van der Waals surface area contributed by atoms with Gasteiger partial charge in [0.2, 0.25) is 0 Å². The number of pyridine rings is 1. The van der Waals surface area contributed by atoms with Gasteiger partial charge in [0, 0.05) is 24.6 Å². The lowest BCUT2D eigenvalue weighted by atomic mass is 10.1. The van der Waals surface area contributed by atoms with Gasteiger partial charge in [-0.3, -0.25) is 4.98 Å². The number of aromatic nitrogens is 3. The van der Waals surface area contributed by atoms with Crippen LogP contribution in [0, 0.1) is 0 Å². The standard InChI is InChI=1S/C12H16N4/c1-9(13)12-7-15-8-16(12)10(2)11-3-5-14-6-4-11/h3-10H,13H2,1-2H3. The third kappa shape index (κ3) is 1.97. The summed E-state index contributed by atoms with van der Waals surface area (Å²) in [6, 6.07) is 4.24. The van der Waals surface area contributed by atoms with Gasteiger partial charge in [0.25, 0.3) is 0 Å². The fraction of sp³-hybridized carbons (Fsp3) is 0.333. The number of nitrogens with two attached hydrogens (primary N) is 1. The van der Waals surface area contributed by atoms with E-state index in [-0.39, 0.29) is 12.1 Å². The first kappa shape index (κ1) is 10.8. The van der Waals surface area contributed by atoms with E-state index in [4.69, 9.17) is 5.73 Å². The molecule has 0 bridgehead atoms. The minimum absolute atomic E-state index is 0.00760. The first-order valence-electron chi connectivity index (χ1n) is 5.37. The molecule has 4 nitrogen and oxygen atoms in total. The molecule has 2 N–H and O–H groups in total.